The molecule has 0 saturated carbocycles. The number of rotatable bonds is 5. The third-order valence-corrected chi connectivity index (χ3v) is 5.24. The molecule has 0 atom stereocenters. The number of carbonyl (C=O) groups excluding carboxylic acids is 1. The average Bonchev–Trinajstić information content (AvgIpc) is 3.10. The molecule has 6 nitrogen and oxygen atoms in total. The molecule has 7 heteroatoms. The predicted molar refractivity (Wildman–Crippen MR) is 100 cm³/mol. The molecule has 0 spiro atoms. The first-order valence-electron chi connectivity index (χ1n) is 8.59. The molecule has 134 valence electrons. The molecule has 1 fully saturated rings. The normalized spacial score (nSPS) is 14.8. The first-order chi connectivity index (χ1) is 12.1. The van der Waals surface area contributed by atoms with E-state index in [4.69, 9.17) is 4.52 Å². The molecule has 1 aliphatic rings. The zero-order valence-electron chi connectivity index (χ0n) is 14.9. The molecule has 1 saturated heterocycles. The Morgan fingerprint density at radius 1 is 1.36 bits per heavy atom. The van der Waals surface area contributed by atoms with E-state index < -0.39 is 0 Å². The number of hydrogen-bond donors (Lipinski definition) is 1. The van der Waals surface area contributed by atoms with Gasteiger partial charge < -0.3 is 14.7 Å². The summed E-state index contributed by atoms with van der Waals surface area (Å²) in [6, 6.07) is 5.78. The lowest BCUT2D eigenvalue weighted by atomic mass is 10.1. The van der Waals surface area contributed by atoms with Gasteiger partial charge in [0.25, 0.3) is 5.91 Å². The lowest BCUT2D eigenvalue weighted by molar-refractivity contribution is 0.0771. The van der Waals surface area contributed by atoms with Crippen LogP contribution >= 0.6 is 11.8 Å². The molecule has 0 bridgehead atoms. The summed E-state index contributed by atoms with van der Waals surface area (Å²) in [4.78, 5) is 19.1. The summed E-state index contributed by atoms with van der Waals surface area (Å²) in [6.07, 6.45) is 0. The SMILES string of the molecule is Cc1c(NCc2nc(C(C)C)no2)cccc1C(=O)N1CCSCC1. The maximum absolute atomic E-state index is 12.8. The Hall–Kier alpha value is -2.02. The second-order valence-electron chi connectivity index (χ2n) is 6.44. The van der Waals surface area contributed by atoms with Crippen LogP contribution in [0.4, 0.5) is 5.69 Å². The van der Waals surface area contributed by atoms with Crippen molar-refractivity contribution in [2.24, 2.45) is 0 Å². The van der Waals surface area contributed by atoms with Gasteiger partial charge in [0.1, 0.15) is 0 Å². The summed E-state index contributed by atoms with van der Waals surface area (Å²) in [5.41, 5.74) is 2.63. The van der Waals surface area contributed by atoms with Crippen LogP contribution in [0.15, 0.2) is 22.7 Å². The molecular formula is C18H24N4O2S. The van der Waals surface area contributed by atoms with Crippen molar-refractivity contribution in [3.63, 3.8) is 0 Å². The fourth-order valence-corrected chi connectivity index (χ4v) is 3.64. The molecule has 25 heavy (non-hydrogen) atoms. The predicted octanol–water partition coefficient (Wildman–Crippen LogP) is 3.30. The Bertz CT molecular complexity index is 738. The van der Waals surface area contributed by atoms with Gasteiger partial charge >= 0.3 is 0 Å². The number of nitrogens with one attached hydrogen (secondary N) is 1. The van der Waals surface area contributed by atoms with Gasteiger partial charge in [-0.3, -0.25) is 4.79 Å². The van der Waals surface area contributed by atoms with E-state index in [2.05, 4.69) is 15.5 Å². The van der Waals surface area contributed by atoms with E-state index in [0.717, 1.165) is 41.4 Å². The summed E-state index contributed by atoms with van der Waals surface area (Å²) in [7, 11) is 0. The van der Waals surface area contributed by atoms with Gasteiger partial charge in [0.2, 0.25) is 5.89 Å². The molecule has 1 aromatic heterocycles. The van der Waals surface area contributed by atoms with Crippen molar-refractivity contribution < 1.29 is 9.32 Å². The van der Waals surface area contributed by atoms with Crippen molar-refractivity contribution in [2.45, 2.75) is 33.2 Å². The molecule has 1 aromatic carbocycles. The van der Waals surface area contributed by atoms with Crippen LogP contribution in [0, 0.1) is 6.92 Å². The Morgan fingerprint density at radius 2 is 2.12 bits per heavy atom. The molecule has 0 radical (unpaired) electrons. The van der Waals surface area contributed by atoms with E-state index in [-0.39, 0.29) is 11.8 Å². The molecule has 1 aliphatic heterocycles. The molecule has 0 unspecified atom stereocenters. The van der Waals surface area contributed by atoms with Crippen LogP contribution in [-0.4, -0.2) is 45.5 Å². The number of nitrogens with zero attached hydrogens (tertiary/aromatic N) is 3. The molecule has 1 N–H and O–H groups in total. The highest BCUT2D eigenvalue weighted by atomic mass is 32.2. The second-order valence-corrected chi connectivity index (χ2v) is 7.66. The summed E-state index contributed by atoms with van der Waals surface area (Å²) >= 11 is 1.90. The third kappa shape index (κ3) is 4.15. The standard InChI is InChI=1S/C18H24N4O2S/c1-12(2)17-20-16(24-21-17)11-19-15-6-4-5-14(13(15)3)18(23)22-7-9-25-10-8-22/h4-6,12,19H,7-11H2,1-3H3. The van der Waals surface area contributed by atoms with Crippen molar-refractivity contribution in [1.29, 1.82) is 0 Å². The average molecular weight is 360 g/mol. The fraction of sp³-hybridized carbons (Fsp3) is 0.500. The number of hydrogen-bond acceptors (Lipinski definition) is 6. The Kier molecular flexibility index (Phi) is 5.63. The van der Waals surface area contributed by atoms with Crippen molar-refractivity contribution in [2.75, 3.05) is 29.9 Å². The van der Waals surface area contributed by atoms with Gasteiger partial charge in [-0.05, 0) is 24.6 Å². The van der Waals surface area contributed by atoms with Crippen molar-refractivity contribution in [1.82, 2.24) is 15.0 Å². The fourth-order valence-electron chi connectivity index (χ4n) is 2.74. The summed E-state index contributed by atoms with van der Waals surface area (Å²) in [6.45, 7) is 8.11. The molecule has 1 amide bonds. The number of benzene rings is 1. The topological polar surface area (TPSA) is 71.3 Å². The monoisotopic (exact) mass is 360 g/mol. The van der Waals surface area contributed by atoms with Gasteiger partial charge in [0.05, 0.1) is 6.54 Å². The highest BCUT2D eigenvalue weighted by Crippen LogP contribution is 2.22. The maximum Gasteiger partial charge on any atom is 0.254 e. The minimum atomic E-state index is 0.112. The van der Waals surface area contributed by atoms with Crippen LogP contribution in [0.1, 0.15) is 47.4 Å². The van der Waals surface area contributed by atoms with Crippen LogP contribution < -0.4 is 5.32 Å². The van der Waals surface area contributed by atoms with E-state index in [1.165, 1.54) is 0 Å². The van der Waals surface area contributed by atoms with Gasteiger partial charge in [-0.1, -0.05) is 25.1 Å². The van der Waals surface area contributed by atoms with Gasteiger partial charge in [0, 0.05) is 41.8 Å². The zero-order valence-corrected chi connectivity index (χ0v) is 15.7. The van der Waals surface area contributed by atoms with Gasteiger partial charge in [-0.25, -0.2) is 0 Å². The Balaban J connectivity index is 1.70. The van der Waals surface area contributed by atoms with Crippen LogP contribution in [0.5, 0.6) is 0 Å². The maximum atomic E-state index is 12.8. The molecule has 2 aromatic rings. The van der Waals surface area contributed by atoms with Gasteiger partial charge in [-0.2, -0.15) is 16.7 Å². The van der Waals surface area contributed by atoms with Crippen LogP contribution in [-0.2, 0) is 6.54 Å². The van der Waals surface area contributed by atoms with Crippen molar-refractivity contribution in [3.8, 4) is 0 Å². The van der Waals surface area contributed by atoms with Crippen LogP contribution in [0.2, 0.25) is 0 Å². The minimum absolute atomic E-state index is 0.112. The summed E-state index contributed by atoms with van der Waals surface area (Å²) in [5, 5.41) is 7.28. The highest BCUT2D eigenvalue weighted by molar-refractivity contribution is 7.99. The number of carbonyl (C=O) groups is 1. The Morgan fingerprint density at radius 3 is 2.80 bits per heavy atom. The smallest absolute Gasteiger partial charge is 0.254 e. The third-order valence-electron chi connectivity index (χ3n) is 4.29. The number of amides is 1. The van der Waals surface area contributed by atoms with Crippen LogP contribution in [0.25, 0.3) is 0 Å². The van der Waals surface area contributed by atoms with E-state index in [1.807, 2.05) is 55.6 Å². The van der Waals surface area contributed by atoms with Crippen LogP contribution in [0.3, 0.4) is 0 Å². The van der Waals surface area contributed by atoms with E-state index in [9.17, 15) is 4.79 Å². The number of anilines is 1. The number of thioether (sulfide) groups is 1. The molecular weight excluding hydrogens is 336 g/mol. The lowest BCUT2D eigenvalue weighted by Gasteiger charge is -2.27. The Labute approximate surface area is 152 Å². The first-order valence-corrected chi connectivity index (χ1v) is 9.74. The van der Waals surface area contributed by atoms with Gasteiger partial charge in [-0.15, -0.1) is 0 Å². The lowest BCUT2D eigenvalue weighted by Crippen LogP contribution is -2.38. The quantitative estimate of drug-likeness (QED) is 0.882. The highest BCUT2D eigenvalue weighted by Gasteiger charge is 2.21. The first kappa shape index (κ1) is 17.8. The summed E-state index contributed by atoms with van der Waals surface area (Å²) in [5.74, 6) is 3.63. The largest absolute Gasteiger partial charge is 0.376 e. The van der Waals surface area contributed by atoms with E-state index >= 15 is 0 Å². The minimum Gasteiger partial charge on any atom is -0.376 e. The van der Waals surface area contributed by atoms with Gasteiger partial charge in [0.15, 0.2) is 5.82 Å². The zero-order chi connectivity index (χ0) is 17.8. The van der Waals surface area contributed by atoms with E-state index in [0.29, 0.717) is 18.3 Å². The second kappa shape index (κ2) is 7.91. The molecule has 0 aliphatic carbocycles. The summed E-state index contributed by atoms with van der Waals surface area (Å²) < 4.78 is 5.26. The van der Waals surface area contributed by atoms with Crippen molar-refractivity contribution in [3.05, 3.63) is 41.0 Å². The molecule has 2 heterocycles. The van der Waals surface area contributed by atoms with Crippen molar-refractivity contribution >= 4 is 23.4 Å². The van der Waals surface area contributed by atoms with E-state index in [1.54, 1.807) is 0 Å². The molecule has 3 rings (SSSR count). The number of aromatic nitrogens is 2.